The summed E-state index contributed by atoms with van der Waals surface area (Å²) in [6.07, 6.45) is 2.69. The Morgan fingerprint density at radius 3 is 2.62 bits per heavy atom. The number of halogens is 1. The second-order valence-electron chi connectivity index (χ2n) is 8.07. The van der Waals surface area contributed by atoms with Crippen molar-refractivity contribution in [2.45, 2.75) is 25.0 Å². The van der Waals surface area contributed by atoms with Crippen molar-refractivity contribution in [2.75, 3.05) is 6.54 Å². The van der Waals surface area contributed by atoms with Gasteiger partial charge >= 0.3 is 5.97 Å². The fourth-order valence-corrected chi connectivity index (χ4v) is 4.11. The van der Waals surface area contributed by atoms with Crippen LogP contribution >= 0.6 is 11.6 Å². The molecule has 0 unspecified atom stereocenters. The van der Waals surface area contributed by atoms with Gasteiger partial charge in [-0.25, -0.2) is 9.78 Å². The molecule has 2 atom stereocenters. The number of carbonyl (C=O) groups excluding carboxylic acids is 1. The quantitative estimate of drug-likeness (QED) is 0.504. The molecular formula is C24H24ClN3O4. The first-order chi connectivity index (χ1) is 15.3. The standard InChI is InChI=1S/C24H24ClN3O4/c1-27-19-8-3-2-7-18(19)26-24(27)22(23(32)16-5-4-6-17(25)13-16)28(14-15-9-10-15)20(29)11-12-21(30)31/h2-8,11-13,15,22-23,32H,9-10,14H2,1H3,(H,30,31)/t22-,23-/m0/s1. The number of rotatable bonds is 8. The molecule has 1 amide bonds. The number of fused-ring (bicyclic) bond motifs is 1. The fraction of sp³-hybridized carbons (Fsp3) is 0.292. The molecule has 0 bridgehead atoms. The zero-order valence-corrected chi connectivity index (χ0v) is 18.3. The summed E-state index contributed by atoms with van der Waals surface area (Å²) in [6, 6.07) is 13.6. The molecule has 32 heavy (non-hydrogen) atoms. The highest BCUT2D eigenvalue weighted by atomic mass is 35.5. The summed E-state index contributed by atoms with van der Waals surface area (Å²) in [5, 5.41) is 21.0. The van der Waals surface area contributed by atoms with E-state index < -0.39 is 24.0 Å². The average molecular weight is 454 g/mol. The molecule has 0 radical (unpaired) electrons. The second kappa shape index (κ2) is 9.14. The SMILES string of the molecule is Cn1c([C@H]([C@@H](O)c2cccc(Cl)c2)N(CC2CC2)C(=O)C=CC(=O)O)nc2ccccc21. The van der Waals surface area contributed by atoms with E-state index in [0.29, 0.717) is 28.9 Å². The zero-order chi connectivity index (χ0) is 22.8. The molecule has 1 heterocycles. The molecule has 4 rings (SSSR count). The molecule has 1 aromatic heterocycles. The topological polar surface area (TPSA) is 95.7 Å². The number of para-hydroxylation sites is 2. The number of aromatic nitrogens is 2. The van der Waals surface area contributed by atoms with E-state index in [-0.39, 0.29) is 0 Å². The van der Waals surface area contributed by atoms with Crippen LogP contribution in [0.25, 0.3) is 11.0 Å². The highest BCUT2D eigenvalue weighted by Crippen LogP contribution is 2.39. The van der Waals surface area contributed by atoms with Gasteiger partial charge in [0.2, 0.25) is 5.91 Å². The predicted molar refractivity (Wildman–Crippen MR) is 121 cm³/mol. The smallest absolute Gasteiger partial charge is 0.328 e. The molecule has 2 aromatic carbocycles. The van der Waals surface area contributed by atoms with Crippen molar-refractivity contribution in [1.29, 1.82) is 0 Å². The molecule has 8 heteroatoms. The first-order valence-corrected chi connectivity index (χ1v) is 10.8. The van der Waals surface area contributed by atoms with Crippen LogP contribution in [0, 0.1) is 5.92 Å². The van der Waals surface area contributed by atoms with Gasteiger partial charge in [-0.05, 0) is 48.6 Å². The average Bonchev–Trinajstić information content (AvgIpc) is 3.54. The largest absolute Gasteiger partial charge is 0.478 e. The van der Waals surface area contributed by atoms with Crippen molar-refractivity contribution in [3.05, 3.63) is 77.1 Å². The molecule has 1 aliphatic rings. The van der Waals surface area contributed by atoms with Crippen molar-refractivity contribution < 1.29 is 19.8 Å². The molecule has 1 saturated carbocycles. The highest BCUT2D eigenvalue weighted by molar-refractivity contribution is 6.30. The minimum atomic E-state index is -1.21. The van der Waals surface area contributed by atoms with Gasteiger partial charge in [0.05, 0.1) is 11.0 Å². The number of benzene rings is 2. The maximum Gasteiger partial charge on any atom is 0.328 e. The van der Waals surface area contributed by atoms with Gasteiger partial charge in [0.15, 0.2) is 0 Å². The summed E-state index contributed by atoms with van der Waals surface area (Å²) in [6.45, 7) is 0.397. The minimum Gasteiger partial charge on any atom is -0.478 e. The third kappa shape index (κ3) is 4.69. The molecule has 1 aliphatic carbocycles. The second-order valence-corrected chi connectivity index (χ2v) is 8.50. The van der Waals surface area contributed by atoms with Crippen LogP contribution in [0.2, 0.25) is 5.02 Å². The van der Waals surface area contributed by atoms with Crippen molar-refractivity contribution >= 4 is 34.5 Å². The van der Waals surface area contributed by atoms with Crippen molar-refractivity contribution in [1.82, 2.24) is 14.5 Å². The van der Waals surface area contributed by atoms with E-state index in [0.717, 1.165) is 36.0 Å². The Labute approximate surface area is 190 Å². The Bertz CT molecular complexity index is 1180. The van der Waals surface area contributed by atoms with Gasteiger partial charge in [-0.15, -0.1) is 0 Å². The van der Waals surface area contributed by atoms with Gasteiger partial charge in [-0.3, -0.25) is 4.79 Å². The summed E-state index contributed by atoms with van der Waals surface area (Å²) in [5.41, 5.74) is 2.16. The Balaban J connectivity index is 1.84. The number of carboxylic acids is 1. The van der Waals surface area contributed by atoms with Crippen molar-refractivity contribution in [2.24, 2.45) is 13.0 Å². The fourth-order valence-electron chi connectivity index (χ4n) is 3.91. The lowest BCUT2D eigenvalue weighted by Crippen LogP contribution is -2.40. The van der Waals surface area contributed by atoms with E-state index in [1.807, 2.05) is 35.9 Å². The van der Waals surface area contributed by atoms with Gasteiger partial charge in [0.1, 0.15) is 18.0 Å². The minimum absolute atomic E-state index is 0.306. The molecule has 3 aromatic rings. The van der Waals surface area contributed by atoms with E-state index in [9.17, 15) is 14.7 Å². The van der Waals surface area contributed by atoms with Crippen molar-refractivity contribution in [3.8, 4) is 0 Å². The first kappa shape index (κ1) is 22.0. The number of carboxylic acid groups (broad SMARTS) is 1. The summed E-state index contributed by atoms with van der Waals surface area (Å²) in [7, 11) is 1.84. The number of aryl methyl sites for hydroxylation is 1. The van der Waals surface area contributed by atoms with Gasteiger partial charge < -0.3 is 19.7 Å². The van der Waals surface area contributed by atoms with Crippen LogP contribution in [0.3, 0.4) is 0 Å². The molecule has 0 spiro atoms. The van der Waals surface area contributed by atoms with E-state index in [4.69, 9.17) is 21.7 Å². The number of hydrogen-bond acceptors (Lipinski definition) is 4. The summed E-state index contributed by atoms with van der Waals surface area (Å²) in [4.78, 5) is 30.5. The molecule has 0 saturated heterocycles. The van der Waals surface area contributed by atoms with Gasteiger partial charge in [-0.1, -0.05) is 35.9 Å². The molecule has 0 aliphatic heterocycles. The monoisotopic (exact) mass is 453 g/mol. The van der Waals surface area contributed by atoms with Crippen LogP contribution in [0.1, 0.15) is 36.4 Å². The maximum absolute atomic E-state index is 13.2. The lowest BCUT2D eigenvalue weighted by atomic mass is 9.99. The molecule has 7 nitrogen and oxygen atoms in total. The molecule has 1 fully saturated rings. The van der Waals surface area contributed by atoms with Crippen LogP contribution < -0.4 is 0 Å². The van der Waals surface area contributed by atoms with Gasteiger partial charge in [-0.2, -0.15) is 0 Å². The molecule has 166 valence electrons. The molecule has 2 N–H and O–H groups in total. The number of aliphatic hydroxyl groups excluding tert-OH is 1. The maximum atomic E-state index is 13.2. The van der Waals surface area contributed by atoms with Crippen molar-refractivity contribution in [3.63, 3.8) is 0 Å². The third-order valence-electron chi connectivity index (χ3n) is 5.71. The highest BCUT2D eigenvalue weighted by Gasteiger charge is 2.38. The summed E-state index contributed by atoms with van der Waals surface area (Å²) < 4.78 is 1.86. The first-order valence-electron chi connectivity index (χ1n) is 10.4. The number of carbonyl (C=O) groups is 2. The zero-order valence-electron chi connectivity index (χ0n) is 17.6. The summed E-state index contributed by atoms with van der Waals surface area (Å²) >= 11 is 6.17. The number of hydrogen-bond donors (Lipinski definition) is 2. The van der Waals surface area contributed by atoms with E-state index >= 15 is 0 Å². The number of aliphatic carboxylic acids is 1. The van der Waals surface area contributed by atoms with Crippen LogP contribution in [0.4, 0.5) is 0 Å². The van der Waals surface area contributed by atoms with Crippen LogP contribution in [0.15, 0.2) is 60.7 Å². The normalized spacial score (nSPS) is 15.7. The Morgan fingerprint density at radius 1 is 1.22 bits per heavy atom. The third-order valence-corrected chi connectivity index (χ3v) is 5.95. The number of nitrogens with zero attached hydrogens (tertiary/aromatic N) is 3. The Kier molecular flexibility index (Phi) is 6.30. The van der Waals surface area contributed by atoms with Crippen LogP contribution in [-0.4, -0.2) is 43.1 Å². The van der Waals surface area contributed by atoms with E-state index in [1.165, 1.54) is 4.90 Å². The number of amides is 1. The Morgan fingerprint density at radius 2 is 1.97 bits per heavy atom. The molecular weight excluding hydrogens is 430 g/mol. The lowest BCUT2D eigenvalue weighted by molar-refractivity contribution is -0.134. The van der Waals surface area contributed by atoms with Crippen LogP contribution in [0.5, 0.6) is 0 Å². The van der Waals surface area contributed by atoms with Crippen LogP contribution in [-0.2, 0) is 16.6 Å². The van der Waals surface area contributed by atoms with Gasteiger partial charge in [0.25, 0.3) is 0 Å². The lowest BCUT2D eigenvalue weighted by Gasteiger charge is -2.34. The number of aliphatic hydroxyl groups is 1. The Hall–Kier alpha value is -3.16. The predicted octanol–water partition coefficient (Wildman–Crippen LogP) is 3.88. The number of imidazole rings is 1. The van der Waals surface area contributed by atoms with E-state index in [2.05, 4.69) is 0 Å². The van der Waals surface area contributed by atoms with Gasteiger partial charge in [0, 0.05) is 30.8 Å². The van der Waals surface area contributed by atoms with E-state index in [1.54, 1.807) is 24.3 Å². The summed E-state index contributed by atoms with van der Waals surface area (Å²) in [5.74, 6) is -0.880.